The zero-order valence-electron chi connectivity index (χ0n) is 14.5. The van der Waals surface area contributed by atoms with Crippen LogP contribution in [0, 0.1) is 0 Å². The van der Waals surface area contributed by atoms with Crippen LogP contribution in [0.5, 0.6) is 0 Å². The van der Waals surface area contributed by atoms with Gasteiger partial charge in [-0.05, 0) is 31.5 Å². The van der Waals surface area contributed by atoms with Crippen LogP contribution in [0.2, 0.25) is 5.02 Å². The molecule has 2 rings (SSSR count). The minimum atomic E-state index is -4.73. The molecule has 0 amide bonds. The van der Waals surface area contributed by atoms with Gasteiger partial charge in [-0.3, -0.25) is 4.90 Å². The summed E-state index contributed by atoms with van der Waals surface area (Å²) < 4.78 is 65.9. The molecule has 1 aliphatic rings. The van der Waals surface area contributed by atoms with Gasteiger partial charge in [0.1, 0.15) is 0 Å². The summed E-state index contributed by atoms with van der Waals surface area (Å²) in [6, 6.07) is 2.53. The van der Waals surface area contributed by atoms with Gasteiger partial charge in [0.2, 0.25) is 10.0 Å². The number of hydrogen-bond acceptors (Lipinski definition) is 4. The molecular weight excluding hydrogens is 393 g/mol. The average Bonchev–Trinajstić information content (AvgIpc) is 2.53. The normalized spacial score (nSPS) is 21.7. The summed E-state index contributed by atoms with van der Waals surface area (Å²) in [6.45, 7) is 4.70. The van der Waals surface area contributed by atoms with Crippen LogP contribution < -0.4 is 0 Å². The van der Waals surface area contributed by atoms with Crippen LogP contribution in [0.25, 0.3) is 0 Å². The van der Waals surface area contributed by atoms with Gasteiger partial charge in [0, 0.05) is 32.2 Å². The van der Waals surface area contributed by atoms with E-state index in [4.69, 9.17) is 11.6 Å². The van der Waals surface area contributed by atoms with E-state index in [1.165, 1.54) is 4.31 Å². The van der Waals surface area contributed by atoms with E-state index in [1.54, 1.807) is 6.92 Å². The molecule has 1 heterocycles. The van der Waals surface area contributed by atoms with E-state index in [2.05, 4.69) is 0 Å². The first-order chi connectivity index (χ1) is 12.0. The predicted molar refractivity (Wildman–Crippen MR) is 92.5 cm³/mol. The summed E-state index contributed by atoms with van der Waals surface area (Å²) in [6.07, 6.45) is -4.62. The highest BCUT2D eigenvalue weighted by atomic mass is 35.5. The van der Waals surface area contributed by atoms with Crippen LogP contribution in [-0.2, 0) is 16.2 Å². The van der Waals surface area contributed by atoms with Crippen LogP contribution in [0.15, 0.2) is 23.1 Å². The van der Waals surface area contributed by atoms with Gasteiger partial charge < -0.3 is 5.11 Å². The lowest BCUT2D eigenvalue weighted by Crippen LogP contribution is -2.55. The fourth-order valence-corrected chi connectivity index (χ4v) is 4.80. The van der Waals surface area contributed by atoms with Crippen LogP contribution >= 0.6 is 11.6 Å². The quantitative estimate of drug-likeness (QED) is 0.804. The fraction of sp³-hybridized carbons (Fsp3) is 0.625. The number of piperazine rings is 1. The van der Waals surface area contributed by atoms with E-state index in [0.717, 1.165) is 12.1 Å². The van der Waals surface area contributed by atoms with E-state index in [0.29, 0.717) is 25.6 Å². The molecule has 1 aliphatic heterocycles. The van der Waals surface area contributed by atoms with Crippen LogP contribution in [0.1, 0.15) is 25.8 Å². The summed E-state index contributed by atoms with van der Waals surface area (Å²) in [5.74, 6) is 0. The fourth-order valence-electron chi connectivity index (χ4n) is 3.08. The van der Waals surface area contributed by atoms with Gasteiger partial charge in [-0.2, -0.15) is 17.5 Å². The Labute approximate surface area is 156 Å². The van der Waals surface area contributed by atoms with Crippen molar-refractivity contribution in [2.45, 2.75) is 43.5 Å². The SMILES string of the molecule is CC[C@@H]1CN(S(=O)(=O)c2ccc(Cl)c(C(F)(F)F)c2)CCN1C[C@@H](C)O. The van der Waals surface area contributed by atoms with Crippen molar-refractivity contribution in [3.8, 4) is 0 Å². The molecule has 5 nitrogen and oxygen atoms in total. The molecule has 0 spiro atoms. The second-order valence-electron chi connectivity index (χ2n) is 6.41. The van der Waals surface area contributed by atoms with Crippen LogP contribution in [0.3, 0.4) is 0 Å². The molecule has 0 unspecified atom stereocenters. The Bertz CT molecular complexity index is 741. The van der Waals surface area contributed by atoms with Gasteiger partial charge in [0.25, 0.3) is 0 Å². The van der Waals surface area contributed by atoms with Crippen molar-refractivity contribution in [3.63, 3.8) is 0 Å². The van der Waals surface area contributed by atoms with Gasteiger partial charge in [-0.1, -0.05) is 18.5 Å². The van der Waals surface area contributed by atoms with E-state index in [9.17, 15) is 26.7 Å². The standard InChI is InChI=1S/C16H22ClF3N2O3S/c1-3-12-10-22(7-6-21(12)9-11(2)23)26(24,25)13-4-5-15(17)14(8-13)16(18,19)20/h4-5,8,11-12,23H,3,6-7,9-10H2,1-2H3/t11-,12-/m1/s1. The highest BCUT2D eigenvalue weighted by Crippen LogP contribution is 2.36. The third-order valence-electron chi connectivity index (χ3n) is 4.42. The van der Waals surface area contributed by atoms with Crippen LogP contribution in [0.4, 0.5) is 13.2 Å². The lowest BCUT2D eigenvalue weighted by molar-refractivity contribution is -0.137. The number of halogens is 4. The molecule has 148 valence electrons. The first kappa shape index (κ1) is 21.4. The Kier molecular flexibility index (Phi) is 6.61. The first-order valence-electron chi connectivity index (χ1n) is 8.25. The maximum atomic E-state index is 13.0. The predicted octanol–water partition coefficient (Wildman–Crippen LogP) is 2.82. The Morgan fingerprint density at radius 2 is 2.00 bits per heavy atom. The van der Waals surface area contributed by atoms with E-state index < -0.39 is 37.8 Å². The molecule has 1 aromatic carbocycles. The number of sulfonamides is 1. The number of β-amino-alcohol motifs (C(OH)–C–C–N with tert-alkyl or cyclic N) is 1. The summed E-state index contributed by atoms with van der Waals surface area (Å²) in [7, 11) is -4.07. The molecule has 1 saturated heterocycles. The largest absolute Gasteiger partial charge is 0.417 e. The summed E-state index contributed by atoms with van der Waals surface area (Å²) in [4.78, 5) is 1.58. The Morgan fingerprint density at radius 1 is 1.35 bits per heavy atom. The highest BCUT2D eigenvalue weighted by molar-refractivity contribution is 7.89. The van der Waals surface area contributed by atoms with Crippen molar-refractivity contribution in [2.24, 2.45) is 0 Å². The maximum absolute atomic E-state index is 13.0. The highest BCUT2D eigenvalue weighted by Gasteiger charge is 2.37. The first-order valence-corrected chi connectivity index (χ1v) is 10.1. The van der Waals surface area contributed by atoms with Crippen molar-refractivity contribution in [2.75, 3.05) is 26.2 Å². The lowest BCUT2D eigenvalue weighted by atomic mass is 10.1. The summed E-state index contributed by atoms with van der Waals surface area (Å²) in [5, 5.41) is 9.02. The topological polar surface area (TPSA) is 60.9 Å². The maximum Gasteiger partial charge on any atom is 0.417 e. The van der Waals surface area contributed by atoms with Gasteiger partial charge in [0.15, 0.2) is 0 Å². The second-order valence-corrected chi connectivity index (χ2v) is 8.75. The molecule has 0 aliphatic carbocycles. The molecule has 0 radical (unpaired) electrons. The van der Waals surface area contributed by atoms with Crippen molar-refractivity contribution in [1.82, 2.24) is 9.21 Å². The van der Waals surface area contributed by atoms with Gasteiger partial charge in [-0.15, -0.1) is 0 Å². The molecule has 26 heavy (non-hydrogen) atoms. The lowest BCUT2D eigenvalue weighted by Gasteiger charge is -2.41. The van der Waals surface area contributed by atoms with Crippen molar-refractivity contribution >= 4 is 21.6 Å². The van der Waals surface area contributed by atoms with E-state index in [1.807, 2.05) is 11.8 Å². The number of nitrogens with zero attached hydrogens (tertiary/aromatic N) is 2. The van der Waals surface area contributed by atoms with Crippen molar-refractivity contribution in [1.29, 1.82) is 0 Å². The van der Waals surface area contributed by atoms with Crippen LogP contribution in [-0.4, -0.2) is 61.1 Å². The third-order valence-corrected chi connectivity index (χ3v) is 6.61. The van der Waals surface area contributed by atoms with Gasteiger partial charge in [-0.25, -0.2) is 8.42 Å². The molecule has 10 heteroatoms. The van der Waals surface area contributed by atoms with Gasteiger partial charge in [0.05, 0.1) is 21.6 Å². The molecule has 1 fully saturated rings. The minimum absolute atomic E-state index is 0.109. The molecule has 2 atom stereocenters. The number of benzene rings is 1. The summed E-state index contributed by atoms with van der Waals surface area (Å²) in [5.41, 5.74) is -1.17. The third kappa shape index (κ3) is 4.69. The Morgan fingerprint density at radius 3 is 2.54 bits per heavy atom. The number of aliphatic hydroxyl groups excluding tert-OH is 1. The molecule has 0 bridgehead atoms. The molecule has 0 aromatic heterocycles. The number of aliphatic hydroxyl groups is 1. The number of rotatable bonds is 5. The Hall–Kier alpha value is -0.870. The molecule has 1 N–H and O–H groups in total. The van der Waals surface area contributed by atoms with Gasteiger partial charge >= 0.3 is 6.18 Å². The van der Waals surface area contributed by atoms with Crippen molar-refractivity contribution in [3.05, 3.63) is 28.8 Å². The average molecular weight is 415 g/mol. The zero-order chi connectivity index (χ0) is 19.7. The molecule has 0 saturated carbocycles. The summed E-state index contributed by atoms with van der Waals surface area (Å²) >= 11 is 5.57. The Balaban J connectivity index is 2.28. The molecular formula is C16H22ClF3N2O3S. The number of alkyl halides is 3. The van der Waals surface area contributed by atoms with E-state index >= 15 is 0 Å². The monoisotopic (exact) mass is 414 g/mol. The minimum Gasteiger partial charge on any atom is -0.392 e. The van der Waals surface area contributed by atoms with E-state index in [-0.39, 0.29) is 19.1 Å². The van der Waals surface area contributed by atoms with Crippen molar-refractivity contribution < 1.29 is 26.7 Å². The zero-order valence-corrected chi connectivity index (χ0v) is 16.1. The number of hydrogen-bond donors (Lipinski definition) is 1. The second kappa shape index (κ2) is 8.02. The molecule has 1 aromatic rings. The smallest absolute Gasteiger partial charge is 0.392 e.